The van der Waals surface area contributed by atoms with E-state index >= 15 is 0 Å². The molecule has 2 aliphatic heterocycles. The van der Waals surface area contributed by atoms with Gasteiger partial charge in [0.1, 0.15) is 12.1 Å². The summed E-state index contributed by atoms with van der Waals surface area (Å²) in [6.45, 7) is 7.85. The number of hydrogen-bond acceptors (Lipinski definition) is 6. The van der Waals surface area contributed by atoms with Gasteiger partial charge in [-0.05, 0) is 19.8 Å². The molecule has 0 spiro atoms. The molecule has 1 aromatic rings. The third-order valence-electron chi connectivity index (χ3n) is 5.26. The summed E-state index contributed by atoms with van der Waals surface area (Å²) in [5.74, 6) is 1.23. The van der Waals surface area contributed by atoms with Gasteiger partial charge in [-0.25, -0.2) is 9.97 Å². The first-order chi connectivity index (χ1) is 12.1. The van der Waals surface area contributed by atoms with Gasteiger partial charge in [0.2, 0.25) is 5.91 Å². The van der Waals surface area contributed by atoms with Crippen LogP contribution in [-0.4, -0.2) is 84.7 Å². The Balaban J connectivity index is 1.44. The van der Waals surface area contributed by atoms with E-state index in [0.29, 0.717) is 25.7 Å². The molecule has 0 N–H and O–H groups in total. The first-order valence-electron chi connectivity index (χ1n) is 9.23. The summed E-state index contributed by atoms with van der Waals surface area (Å²) in [6.07, 6.45) is 4.40. The highest BCUT2D eigenvalue weighted by Crippen LogP contribution is 2.20. The number of likely N-dealkylation sites (tertiary alicyclic amines) is 1. The van der Waals surface area contributed by atoms with Gasteiger partial charge < -0.3 is 19.4 Å². The molecule has 3 heterocycles. The van der Waals surface area contributed by atoms with E-state index in [-0.39, 0.29) is 5.91 Å². The van der Waals surface area contributed by atoms with Gasteiger partial charge in [-0.15, -0.1) is 0 Å². The van der Waals surface area contributed by atoms with Crippen LogP contribution >= 0.6 is 0 Å². The monoisotopic (exact) mass is 347 g/mol. The maximum atomic E-state index is 12.0. The predicted octanol–water partition coefficient (Wildman–Crippen LogP) is 0.935. The highest BCUT2D eigenvalue weighted by molar-refractivity contribution is 5.76. The van der Waals surface area contributed by atoms with Crippen molar-refractivity contribution in [1.29, 1.82) is 0 Å². The molecule has 1 aromatic heterocycles. The SMILES string of the molecule is Cc1cc(N(C)C2CCN(CCN3CCOCCC3=O)CC2)ncn1. The number of aryl methyl sites for hydroxylation is 1. The molecular formula is C18H29N5O2. The van der Waals surface area contributed by atoms with Gasteiger partial charge in [0.05, 0.1) is 19.6 Å². The average Bonchev–Trinajstić information content (AvgIpc) is 2.84. The molecule has 0 aliphatic carbocycles. The highest BCUT2D eigenvalue weighted by Gasteiger charge is 2.24. The molecule has 0 saturated carbocycles. The van der Waals surface area contributed by atoms with Crippen LogP contribution in [0, 0.1) is 6.92 Å². The van der Waals surface area contributed by atoms with Crippen molar-refractivity contribution >= 4 is 11.7 Å². The Kier molecular flexibility index (Phi) is 6.20. The molecular weight excluding hydrogens is 318 g/mol. The molecule has 0 aromatic carbocycles. The van der Waals surface area contributed by atoms with E-state index in [4.69, 9.17) is 4.74 Å². The molecule has 138 valence electrons. The fourth-order valence-corrected chi connectivity index (χ4v) is 3.57. The van der Waals surface area contributed by atoms with Crippen molar-refractivity contribution in [2.45, 2.75) is 32.2 Å². The Morgan fingerprint density at radius 2 is 2.00 bits per heavy atom. The van der Waals surface area contributed by atoms with Crippen LogP contribution in [0.4, 0.5) is 5.82 Å². The summed E-state index contributed by atoms with van der Waals surface area (Å²) in [7, 11) is 2.12. The number of ether oxygens (including phenoxy) is 1. The largest absolute Gasteiger partial charge is 0.379 e. The molecule has 2 fully saturated rings. The molecule has 7 heteroatoms. The summed E-state index contributed by atoms with van der Waals surface area (Å²) >= 11 is 0. The zero-order valence-corrected chi connectivity index (χ0v) is 15.4. The molecule has 7 nitrogen and oxygen atoms in total. The van der Waals surface area contributed by atoms with E-state index in [2.05, 4.69) is 26.8 Å². The Morgan fingerprint density at radius 1 is 1.20 bits per heavy atom. The number of aromatic nitrogens is 2. The maximum absolute atomic E-state index is 12.0. The predicted molar refractivity (Wildman–Crippen MR) is 96.7 cm³/mol. The number of carbonyl (C=O) groups is 1. The number of nitrogens with zero attached hydrogens (tertiary/aromatic N) is 5. The second-order valence-corrected chi connectivity index (χ2v) is 6.94. The number of amides is 1. The molecule has 25 heavy (non-hydrogen) atoms. The molecule has 2 aliphatic rings. The Labute approximate surface area is 150 Å². The van der Waals surface area contributed by atoms with Gasteiger partial charge in [-0.2, -0.15) is 0 Å². The van der Waals surface area contributed by atoms with Crippen LogP contribution < -0.4 is 4.90 Å². The van der Waals surface area contributed by atoms with E-state index in [1.807, 2.05) is 17.9 Å². The molecule has 0 atom stereocenters. The van der Waals surface area contributed by atoms with Crippen molar-refractivity contribution in [3.8, 4) is 0 Å². The Bertz CT molecular complexity index is 574. The summed E-state index contributed by atoms with van der Waals surface area (Å²) in [5.41, 5.74) is 1.00. The van der Waals surface area contributed by atoms with Crippen molar-refractivity contribution in [3.63, 3.8) is 0 Å². The number of hydrogen-bond donors (Lipinski definition) is 0. The van der Waals surface area contributed by atoms with E-state index in [9.17, 15) is 4.79 Å². The summed E-state index contributed by atoms with van der Waals surface area (Å²) < 4.78 is 5.39. The highest BCUT2D eigenvalue weighted by atomic mass is 16.5. The van der Waals surface area contributed by atoms with Crippen molar-refractivity contribution < 1.29 is 9.53 Å². The average molecular weight is 347 g/mol. The van der Waals surface area contributed by atoms with Gasteiger partial charge in [-0.3, -0.25) is 4.79 Å². The van der Waals surface area contributed by atoms with Gasteiger partial charge in [0, 0.05) is 57.6 Å². The van der Waals surface area contributed by atoms with Crippen LogP contribution in [0.3, 0.4) is 0 Å². The smallest absolute Gasteiger partial charge is 0.225 e. The molecule has 3 rings (SSSR count). The van der Waals surface area contributed by atoms with E-state index in [1.54, 1.807) is 6.33 Å². The number of carbonyl (C=O) groups excluding carboxylic acids is 1. The van der Waals surface area contributed by atoms with E-state index < -0.39 is 0 Å². The van der Waals surface area contributed by atoms with Gasteiger partial charge in [0.25, 0.3) is 0 Å². The summed E-state index contributed by atoms with van der Waals surface area (Å²) in [5, 5.41) is 0. The lowest BCUT2D eigenvalue weighted by Gasteiger charge is -2.38. The van der Waals surface area contributed by atoms with Crippen molar-refractivity contribution in [2.75, 3.05) is 57.9 Å². The summed E-state index contributed by atoms with van der Waals surface area (Å²) in [4.78, 5) is 27.3. The molecule has 0 radical (unpaired) electrons. The molecule has 2 saturated heterocycles. The Hall–Kier alpha value is -1.73. The zero-order valence-electron chi connectivity index (χ0n) is 15.4. The zero-order chi connectivity index (χ0) is 17.6. The molecule has 0 unspecified atom stereocenters. The second-order valence-electron chi connectivity index (χ2n) is 6.94. The lowest BCUT2D eigenvalue weighted by Crippen LogP contribution is -2.46. The quantitative estimate of drug-likeness (QED) is 0.790. The van der Waals surface area contributed by atoms with Gasteiger partial charge in [0.15, 0.2) is 0 Å². The fraction of sp³-hybridized carbons (Fsp3) is 0.722. The number of anilines is 1. The second kappa shape index (κ2) is 8.58. The minimum Gasteiger partial charge on any atom is -0.379 e. The van der Waals surface area contributed by atoms with E-state index in [1.165, 1.54) is 0 Å². The number of piperidine rings is 1. The third-order valence-corrected chi connectivity index (χ3v) is 5.26. The van der Waals surface area contributed by atoms with Crippen LogP contribution in [0.5, 0.6) is 0 Å². The first-order valence-corrected chi connectivity index (χ1v) is 9.23. The fourth-order valence-electron chi connectivity index (χ4n) is 3.57. The van der Waals surface area contributed by atoms with Gasteiger partial charge in [-0.1, -0.05) is 0 Å². The lowest BCUT2D eigenvalue weighted by molar-refractivity contribution is -0.130. The van der Waals surface area contributed by atoms with E-state index in [0.717, 1.165) is 57.1 Å². The minimum atomic E-state index is 0.228. The molecule has 1 amide bonds. The third kappa shape index (κ3) is 4.89. The minimum absolute atomic E-state index is 0.228. The summed E-state index contributed by atoms with van der Waals surface area (Å²) in [6, 6.07) is 2.55. The van der Waals surface area contributed by atoms with Crippen LogP contribution in [-0.2, 0) is 9.53 Å². The van der Waals surface area contributed by atoms with Gasteiger partial charge >= 0.3 is 0 Å². The lowest BCUT2D eigenvalue weighted by atomic mass is 10.0. The van der Waals surface area contributed by atoms with Crippen LogP contribution in [0.15, 0.2) is 12.4 Å². The standard InChI is InChI=1S/C18H29N5O2/c1-15-13-17(20-14-19-15)21(2)16-3-6-22(7-4-16)8-9-23-10-12-25-11-5-18(23)24/h13-14,16H,3-12H2,1-2H3. The van der Waals surface area contributed by atoms with Crippen molar-refractivity contribution in [2.24, 2.45) is 0 Å². The molecule has 0 bridgehead atoms. The van der Waals surface area contributed by atoms with Crippen LogP contribution in [0.1, 0.15) is 25.0 Å². The maximum Gasteiger partial charge on any atom is 0.225 e. The van der Waals surface area contributed by atoms with Crippen LogP contribution in [0.25, 0.3) is 0 Å². The Morgan fingerprint density at radius 3 is 2.76 bits per heavy atom. The topological polar surface area (TPSA) is 61.8 Å². The first kappa shape index (κ1) is 18.1. The van der Waals surface area contributed by atoms with Crippen molar-refractivity contribution in [1.82, 2.24) is 19.8 Å². The van der Waals surface area contributed by atoms with Crippen LogP contribution in [0.2, 0.25) is 0 Å². The van der Waals surface area contributed by atoms with Crippen molar-refractivity contribution in [3.05, 3.63) is 18.1 Å². The normalized spacial score (nSPS) is 20.6. The number of rotatable bonds is 5.